The Labute approximate surface area is 193 Å². The first-order valence-corrected chi connectivity index (χ1v) is 10.4. The summed E-state index contributed by atoms with van der Waals surface area (Å²) in [6.07, 6.45) is -1.07. The molecule has 0 fully saturated rings. The summed E-state index contributed by atoms with van der Waals surface area (Å²) in [5.41, 5.74) is 3.97. The van der Waals surface area contributed by atoms with Gasteiger partial charge in [-0.1, -0.05) is 48.5 Å². The van der Waals surface area contributed by atoms with E-state index in [0.717, 1.165) is 22.3 Å². The highest BCUT2D eigenvalue weighted by molar-refractivity contribution is 5.97. The maximum atomic E-state index is 14.2. The fraction of sp³-hybridized carbons (Fsp3) is 0.160. The quantitative estimate of drug-likeness (QED) is 0.476. The summed E-state index contributed by atoms with van der Waals surface area (Å²) in [6.45, 7) is -1.31. The van der Waals surface area contributed by atoms with Gasteiger partial charge in [0, 0.05) is 11.6 Å². The number of ether oxygens (including phenoxy) is 1. The van der Waals surface area contributed by atoms with Gasteiger partial charge >= 0.3 is 18.0 Å². The minimum Gasteiger partial charge on any atom is -0.478 e. The SMILES string of the molecule is O=C(NCC(F)(F)C(=O)Nc1ccc(C(=O)O)cc1)OCC1c2ccccc2-c2ccccc21. The van der Waals surface area contributed by atoms with E-state index in [1.165, 1.54) is 24.3 Å². The van der Waals surface area contributed by atoms with E-state index in [0.29, 0.717) is 0 Å². The number of alkyl halides is 2. The molecule has 0 saturated heterocycles. The summed E-state index contributed by atoms with van der Waals surface area (Å²) in [6, 6.07) is 20.1. The maximum Gasteiger partial charge on any atom is 0.407 e. The lowest BCUT2D eigenvalue weighted by molar-refractivity contribution is -0.138. The molecule has 0 spiro atoms. The number of carbonyl (C=O) groups excluding carboxylic acids is 2. The molecular weight excluding hydrogens is 446 g/mol. The molecule has 0 radical (unpaired) electrons. The van der Waals surface area contributed by atoms with Crippen molar-refractivity contribution >= 4 is 23.7 Å². The molecule has 0 unspecified atom stereocenters. The van der Waals surface area contributed by atoms with Gasteiger partial charge in [-0.15, -0.1) is 0 Å². The monoisotopic (exact) mass is 466 g/mol. The minimum absolute atomic E-state index is 0.00387. The summed E-state index contributed by atoms with van der Waals surface area (Å²) < 4.78 is 33.7. The van der Waals surface area contributed by atoms with Crippen molar-refractivity contribution in [1.82, 2.24) is 5.32 Å². The van der Waals surface area contributed by atoms with E-state index >= 15 is 0 Å². The molecule has 34 heavy (non-hydrogen) atoms. The van der Waals surface area contributed by atoms with Gasteiger partial charge in [0.25, 0.3) is 5.91 Å². The molecule has 3 N–H and O–H groups in total. The number of benzene rings is 3. The van der Waals surface area contributed by atoms with Crippen molar-refractivity contribution in [3.05, 3.63) is 89.5 Å². The molecule has 3 aromatic rings. The van der Waals surface area contributed by atoms with Crippen LogP contribution in [0.5, 0.6) is 0 Å². The third kappa shape index (κ3) is 4.73. The van der Waals surface area contributed by atoms with Gasteiger partial charge in [0.15, 0.2) is 0 Å². The lowest BCUT2D eigenvalue weighted by atomic mass is 9.98. The third-order valence-corrected chi connectivity index (χ3v) is 5.52. The Bertz CT molecular complexity index is 1200. The third-order valence-electron chi connectivity index (χ3n) is 5.52. The number of amides is 2. The second-order valence-electron chi connectivity index (χ2n) is 7.72. The highest BCUT2D eigenvalue weighted by Crippen LogP contribution is 2.44. The molecule has 7 nitrogen and oxygen atoms in total. The van der Waals surface area contributed by atoms with Gasteiger partial charge in [-0.25, -0.2) is 9.59 Å². The summed E-state index contributed by atoms with van der Waals surface area (Å²) in [4.78, 5) is 34.9. The first-order valence-electron chi connectivity index (χ1n) is 10.4. The number of alkyl carbamates (subject to hydrolysis) is 1. The summed E-state index contributed by atoms with van der Waals surface area (Å²) >= 11 is 0. The Morgan fingerprint density at radius 2 is 1.44 bits per heavy atom. The van der Waals surface area contributed by atoms with Crippen LogP contribution in [0, 0.1) is 0 Å². The van der Waals surface area contributed by atoms with Crippen LogP contribution in [0.1, 0.15) is 27.4 Å². The molecule has 2 amide bonds. The van der Waals surface area contributed by atoms with Crippen LogP contribution in [-0.4, -0.2) is 42.2 Å². The van der Waals surface area contributed by atoms with Crippen molar-refractivity contribution in [2.24, 2.45) is 0 Å². The van der Waals surface area contributed by atoms with Crippen molar-refractivity contribution in [3.63, 3.8) is 0 Å². The zero-order valence-electron chi connectivity index (χ0n) is 17.8. The van der Waals surface area contributed by atoms with Crippen LogP contribution < -0.4 is 10.6 Å². The molecular formula is C25H20F2N2O5. The van der Waals surface area contributed by atoms with Crippen LogP contribution in [0.4, 0.5) is 19.3 Å². The molecule has 3 aromatic carbocycles. The van der Waals surface area contributed by atoms with Gasteiger partial charge in [-0.2, -0.15) is 8.78 Å². The fourth-order valence-corrected chi connectivity index (χ4v) is 3.83. The second kappa shape index (κ2) is 9.30. The molecule has 0 saturated carbocycles. The van der Waals surface area contributed by atoms with Crippen LogP contribution in [0.25, 0.3) is 11.1 Å². The van der Waals surface area contributed by atoms with E-state index in [4.69, 9.17) is 9.84 Å². The van der Waals surface area contributed by atoms with E-state index in [1.54, 1.807) is 0 Å². The van der Waals surface area contributed by atoms with Crippen molar-refractivity contribution in [1.29, 1.82) is 0 Å². The molecule has 4 rings (SSSR count). The number of carboxylic acid groups (broad SMARTS) is 1. The van der Waals surface area contributed by atoms with Crippen molar-refractivity contribution in [2.75, 3.05) is 18.5 Å². The van der Waals surface area contributed by atoms with Gasteiger partial charge in [0.1, 0.15) is 6.61 Å². The average molecular weight is 466 g/mol. The van der Waals surface area contributed by atoms with Crippen LogP contribution in [-0.2, 0) is 9.53 Å². The van der Waals surface area contributed by atoms with Crippen molar-refractivity contribution < 1.29 is 33.0 Å². The minimum atomic E-state index is -3.92. The molecule has 174 valence electrons. The van der Waals surface area contributed by atoms with Gasteiger partial charge in [-0.3, -0.25) is 4.79 Å². The number of anilines is 1. The molecule has 0 bridgehead atoms. The van der Waals surface area contributed by atoms with E-state index in [2.05, 4.69) is 0 Å². The van der Waals surface area contributed by atoms with Gasteiger partial charge < -0.3 is 20.5 Å². The molecule has 0 aromatic heterocycles. The topological polar surface area (TPSA) is 105 Å². The van der Waals surface area contributed by atoms with Crippen molar-refractivity contribution in [3.8, 4) is 11.1 Å². The number of rotatable bonds is 7. The average Bonchev–Trinajstić information content (AvgIpc) is 3.15. The first-order chi connectivity index (χ1) is 16.3. The zero-order valence-corrected chi connectivity index (χ0v) is 17.8. The highest BCUT2D eigenvalue weighted by atomic mass is 19.3. The van der Waals surface area contributed by atoms with E-state index in [1.807, 2.05) is 59.2 Å². The largest absolute Gasteiger partial charge is 0.478 e. The Balaban J connectivity index is 1.32. The maximum absolute atomic E-state index is 14.2. The fourth-order valence-electron chi connectivity index (χ4n) is 3.83. The zero-order chi connectivity index (χ0) is 24.3. The standard InChI is InChI=1S/C25H20F2N2O5/c26-25(27,23(32)29-16-11-9-15(10-12-16)22(30)31)14-28-24(33)34-13-21-19-7-3-1-5-17(19)18-6-2-4-8-20(18)21/h1-12,21H,13-14H2,(H,28,33)(H,29,32)(H,30,31). The van der Waals surface area contributed by atoms with E-state index in [-0.39, 0.29) is 23.8 Å². The Kier molecular flexibility index (Phi) is 6.27. The van der Waals surface area contributed by atoms with Crippen LogP contribution >= 0.6 is 0 Å². The number of carboxylic acids is 1. The lowest BCUT2D eigenvalue weighted by Crippen LogP contribution is -2.45. The molecule has 0 heterocycles. The summed E-state index contributed by atoms with van der Waals surface area (Å²) in [7, 11) is 0. The normalized spacial score (nSPS) is 12.4. The van der Waals surface area contributed by atoms with Gasteiger partial charge in [0.2, 0.25) is 0 Å². The molecule has 0 aliphatic heterocycles. The Morgan fingerprint density at radius 1 is 0.882 bits per heavy atom. The van der Waals surface area contributed by atoms with Gasteiger partial charge in [0.05, 0.1) is 12.1 Å². The first kappa shape index (κ1) is 22.9. The number of halogens is 2. The van der Waals surface area contributed by atoms with Crippen LogP contribution in [0.2, 0.25) is 0 Å². The van der Waals surface area contributed by atoms with Crippen LogP contribution in [0.3, 0.4) is 0 Å². The number of fused-ring (bicyclic) bond motifs is 3. The number of hydrogen-bond donors (Lipinski definition) is 3. The molecule has 1 aliphatic carbocycles. The second-order valence-corrected chi connectivity index (χ2v) is 7.72. The van der Waals surface area contributed by atoms with E-state index < -0.39 is 30.4 Å². The molecule has 1 aliphatic rings. The predicted octanol–water partition coefficient (Wildman–Crippen LogP) is 4.50. The predicted molar refractivity (Wildman–Crippen MR) is 120 cm³/mol. The van der Waals surface area contributed by atoms with Crippen molar-refractivity contribution in [2.45, 2.75) is 11.8 Å². The number of aromatic carboxylic acids is 1. The van der Waals surface area contributed by atoms with E-state index in [9.17, 15) is 23.2 Å². The summed E-state index contributed by atoms with van der Waals surface area (Å²) in [5, 5.41) is 12.8. The number of hydrogen-bond acceptors (Lipinski definition) is 4. The smallest absolute Gasteiger partial charge is 0.407 e. The number of carbonyl (C=O) groups is 3. The Hall–Kier alpha value is -4.27. The van der Waals surface area contributed by atoms with Gasteiger partial charge in [-0.05, 0) is 46.5 Å². The molecule has 9 heteroatoms. The highest BCUT2D eigenvalue weighted by Gasteiger charge is 2.39. The number of nitrogens with one attached hydrogen (secondary N) is 2. The molecule has 0 atom stereocenters. The Morgan fingerprint density at radius 3 is 2.00 bits per heavy atom. The summed E-state index contributed by atoms with van der Waals surface area (Å²) in [5.74, 6) is -6.97. The van der Waals surface area contributed by atoms with Crippen LogP contribution in [0.15, 0.2) is 72.8 Å². The lowest BCUT2D eigenvalue weighted by Gasteiger charge is -2.18.